The first-order chi connectivity index (χ1) is 5.12. The molecular weight excluding hydrogens is 140 g/mol. The maximum absolute atomic E-state index is 9.82. The zero-order chi connectivity index (χ0) is 8.32. The highest BCUT2D eigenvalue weighted by molar-refractivity contribution is 5.77. The highest BCUT2D eigenvalue weighted by Crippen LogP contribution is 2.30. The normalized spacial score (nSPS) is 23.0. The van der Waals surface area contributed by atoms with Crippen molar-refractivity contribution in [2.75, 3.05) is 0 Å². The second-order valence-corrected chi connectivity index (χ2v) is 3.49. The third kappa shape index (κ3) is 2.50. The zero-order valence-corrected chi connectivity index (χ0v) is 6.77. The fourth-order valence-corrected chi connectivity index (χ4v) is 1.74. The van der Waals surface area contributed by atoms with E-state index in [0.29, 0.717) is 6.42 Å². The van der Waals surface area contributed by atoms with Crippen LogP contribution in [0.3, 0.4) is 0 Å². The lowest BCUT2D eigenvalue weighted by Crippen LogP contribution is -2.35. The molecule has 4 N–H and O–H groups in total. The Morgan fingerprint density at radius 3 is 2.36 bits per heavy atom. The third-order valence-electron chi connectivity index (χ3n) is 2.30. The second-order valence-electron chi connectivity index (χ2n) is 3.49. The summed E-state index contributed by atoms with van der Waals surface area (Å²) in [4.78, 5) is 0. The van der Waals surface area contributed by atoms with Crippen molar-refractivity contribution >= 4 is 5.84 Å². The Balaban J connectivity index is 2.43. The van der Waals surface area contributed by atoms with Crippen LogP contribution in [0, 0.1) is 5.41 Å². The van der Waals surface area contributed by atoms with Gasteiger partial charge in [0.05, 0.1) is 11.4 Å². The highest BCUT2D eigenvalue weighted by atomic mass is 16.3. The lowest BCUT2D eigenvalue weighted by atomic mass is 9.82. The van der Waals surface area contributed by atoms with Gasteiger partial charge in [-0.15, -0.1) is 0 Å². The van der Waals surface area contributed by atoms with Crippen LogP contribution in [0.1, 0.15) is 38.5 Å². The number of nitrogens with two attached hydrogens (primary N) is 1. The summed E-state index contributed by atoms with van der Waals surface area (Å²) in [7, 11) is 0. The van der Waals surface area contributed by atoms with E-state index in [1.54, 1.807) is 0 Å². The average Bonchev–Trinajstić information content (AvgIpc) is 1.85. The highest BCUT2D eigenvalue weighted by Gasteiger charge is 2.29. The van der Waals surface area contributed by atoms with Crippen LogP contribution in [-0.4, -0.2) is 16.5 Å². The maximum atomic E-state index is 9.82. The van der Waals surface area contributed by atoms with Gasteiger partial charge in [0.2, 0.25) is 0 Å². The smallest absolute Gasteiger partial charge is 0.0934 e. The fourth-order valence-electron chi connectivity index (χ4n) is 1.74. The molecule has 0 aromatic carbocycles. The van der Waals surface area contributed by atoms with Gasteiger partial charge in [-0.3, -0.25) is 5.41 Å². The summed E-state index contributed by atoms with van der Waals surface area (Å²) in [6, 6.07) is 0. The molecule has 1 aliphatic rings. The molecule has 1 rings (SSSR count). The second kappa shape index (κ2) is 3.22. The molecule has 3 heteroatoms. The fraction of sp³-hybridized carbons (Fsp3) is 0.875. The van der Waals surface area contributed by atoms with E-state index in [2.05, 4.69) is 0 Å². The number of aliphatic hydroxyl groups is 1. The Morgan fingerprint density at radius 2 is 1.91 bits per heavy atom. The van der Waals surface area contributed by atoms with Crippen LogP contribution >= 0.6 is 0 Å². The minimum atomic E-state index is -0.649. The third-order valence-corrected chi connectivity index (χ3v) is 2.30. The molecule has 11 heavy (non-hydrogen) atoms. The molecule has 0 aromatic heterocycles. The van der Waals surface area contributed by atoms with E-state index < -0.39 is 5.60 Å². The van der Waals surface area contributed by atoms with Gasteiger partial charge in [0.1, 0.15) is 0 Å². The average molecular weight is 156 g/mol. The van der Waals surface area contributed by atoms with E-state index in [9.17, 15) is 5.11 Å². The molecule has 0 spiro atoms. The first-order valence-corrected chi connectivity index (χ1v) is 4.18. The van der Waals surface area contributed by atoms with Crippen molar-refractivity contribution in [2.24, 2.45) is 5.73 Å². The van der Waals surface area contributed by atoms with Crippen LogP contribution in [0.15, 0.2) is 0 Å². The standard InChI is InChI=1S/C8H16N2O/c9-7(10)6-8(11)4-2-1-3-5-8/h11H,1-6H2,(H3,9,10). The summed E-state index contributed by atoms with van der Waals surface area (Å²) in [6.45, 7) is 0. The van der Waals surface area contributed by atoms with Gasteiger partial charge in [-0.1, -0.05) is 19.3 Å². The first-order valence-electron chi connectivity index (χ1n) is 4.18. The van der Waals surface area contributed by atoms with Gasteiger partial charge < -0.3 is 10.8 Å². The monoisotopic (exact) mass is 156 g/mol. The minimum absolute atomic E-state index is 0.106. The van der Waals surface area contributed by atoms with E-state index >= 15 is 0 Å². The quantitative estimate of drug-likeness (QED) is 0.412. The van der Waals surface area contributed by atoms with Gasteiger partial charge in [0.25, 0.3) is 0 Å². The summed E-state index contributed by atoms with van der Waals surface area (Å²) in [5.41, 5.74) is 4.58. The molecule has 0 atom stereocenters. The van der Waals surface area contributed by atoms with Gasteiger partial charge in [0.15, 0.2) is 0 Å². The molecule has 0 amide bonds. The van der Waals surface area contributed by atoms with Crippen molar-refractivity contribution in [3.63, 3.8) is 0 Å². The molecular formula is C8H16N2O. The number of rotatable bonds is 2. The molecule has 0 bridgehead atoms. The molecule has 1 saturated carbocycles. The molecule has 0 unspecified atom stereocenters. The Kier molecular flexibility index (Phi) is 2.49. The number of amidine groups is 1. The van der Waals surface area contributed by atoms with Crippen molar-refractivity contribution in [3.8, 4) is 0 Å². The Hall–Kier alpha value is -0.570. The SMILES string of the molecule is N=C(N)CC1(O)CCCCC1. The van der Waals surface area contributed by atoms with Crippen LogP contribution in [0.25, 0.3) is 0 Å². The predicted molar refractivity (Wildman–Crippen MR) is 44.6 cm³/mol. The van der Waals surface area contributed by atoms with Crippen LogP contribution < -0.4 is 5.73 Å². The first kappa shape index (κ1) is 8.53. The molecule has 0 radical (unpaired) electrons. The predicted octanol–water partition coefficient (Wildman–Crippen LogP) is 1.01. The van der Waals surface area contributed by atoms with Crippen LogP contribution in [0.2, 0.25) is 0 Å². The lowest BCUT2D eigenvalue weighted by Gasteiger charge is -2.31. The summed E-state index contributed by atoms with van der Waals surface area (Å²) < 4.78 is 0. The molecule has 1 fully saturated rings. The van der Waals surface area contributed by atoms with Gasteiger partial charge in [-0.2, -0.15) is 0 Å². The topological polar surface area (TPSA) is 70.1 Å². The Morgan fingerprint density at radius 1 is 1.36 bits per heavy atom. The van der Waals surface area contributed by atoms with E-state index in [1.165, 1.54) is 6.42 Å². The largest absolute Gasteiger partial charge is 0.389 e. The molecule has 0 heterocycles. The molecule has 0 aromatic rings. The summed E-state index contributed by atoms with van der Waals surface area (Å²) in [5.74, 6) is 0.106. The number of nitrogens with one attached hydrogen (secondary N) is 1. The Labute approximate surface area is 67.1 Å². The van der Waals surface area contributed by atoms with Crippen molar-refractivity contribution in [2.45, 2.75) is 44.1 Å². The summed E-state index contributed by atoms with van der Waals surface area (Å²) in [6.07, 6.45) is 5.33. The molecule has 3 nitrogen and oxygen atoms in total. The van der Waals surface area contributed by atoms with Crippen LogP contribution in [-0.2, 0) is 0 Å². The van der Waals surface area contributed by atoms with Crippen molar-refractivity contribution < 1.29 is 5.11 Å². The van der Waals surface area contributed by atoms with E-state index in [1.807, 2.05) is 0 Å². The van der Waals surface area contributed by atoms with Crippen molar-refractivity contribution in [1.82, 2.24) is 0 Å². The van der Waals surface area contributed by atoms with Gasteiger partial charge in [-0.25, -0.2) is 0 Å². The molecule has 0 saturated heterocycles. The van der Waals surface area contributed by atoms with Crippen LogP contribution in [0.5, 0.6) is 0 Å². The number of hydrogen-bond acceptors (Lipinski definition) is 2. The van der Waals surface area contributed by atoms with Gasteiger partial charge in [-0.05, 0) is 12.8 Å². The minimum Gasteiger partial charge on any atom is -0.389 e. The van der Waals surface area contributed by atoms with E-state index in [4.69, 9.17) is 11.1 Å². The van der Waals surface area contributed by atoms with E-state index in [0.717, 1.165) is 25.7 Å². The Bertz CT molecular complexity index is 150. The van der Waals surface area contributed by atoms with Gasteiger partial charge >= 0.3 is 0 Å². The number of hydrogen-bond donors (Lipinski definition) is 3. The molecule has 64 valence electrons. The van der Waals surface area contributed by atoms with E-state index in [-0.39, 0.29) is 5.84 Å². The molecule has 1 aliphatic carbocycles. The molecule has 0 aliphatic heterocycles. The maximum Gasteiger partial charge on any atom is 0.0934 e. The zero-order valence-electron chi connectivity index (χ0n) is 6.77. The van der Waals surface area contributed by atoms with Gasteiger partial charge in [0, 0.05) is 6.42 Å². The lowest BCUT2D eigenvalue weighted by molar-refractivity contribution is 0.0107. The van der Waals surface area contributed by atoms with Crippen LogP contribution in [0.4, 0.5) is 0 Å². The summed E-state index contributed by atoms with van der Waals surface area (Å²) in [5, 5.41) is 16.9. The van der Waals surface area contributed by atoms with Crippen molar-refractivity contribution in [3.05, 3.63) is 0 Å². The van der Waals surface area contributed by atoms with Crippen molar-refractivity contribution in [1.29, 1.82) is 5.41 Å². The summed E-state index contributed by atoms with van der Waals surface area (Å²) >= 11 is 0.